The van der Waals surface area contributed by atoms with Gasteiger partial charge < -0.3 is 20.4 Å². The summed E-state index contributed by atoms with van der Waals surface area (Å²) in [6.07, 6.45) is 5.12. The number of aryl methyl sites for hydroxylation is 1. The number of allylic oxidation sites excluding steroid dienone is 1. The average molecular weight is 431 g/mol. The minimum Gasteiger partial charge on any atom is -0.504 e. The maximum atomic E-state index is 10.8. The minimum atomic E-state index is -0.146. The first-order valence-corrected chi connectivity index (χ1v) is 11.2. The molecule has 4 rings (SSSR count). The highest BCUT2D eigenvalue weighted by Gasteiger charge is 2.28. The summed E-state index contributed by atoms with van der Waals surface area (Å²) >= 11 is 0. The van der Waals surface area contributed by atoms with Crippen LogP contribution in [0.2, 0.25) is 0 Å². The van der Waals surface area contributed by atoms with Crippen molar-refractivity contribution in [1.29, 1.82) is 0 Å². The summed E-state index contributed by atoms with van der Waals surface area (Å²) in [6.45, 7) is 4.36. The SMILES string of the molecule is CC(C)C[C@H]1CC(c2ccc(O)c(O)c2)=Cc2c1cc(O)c(O)c2CCc1ccccc1. The summed E-state index contributed by atoms with van der Waals surface area (Å²) in [6, 6.07) is 16.7. The van der Waals surface area contributed by atoms with Crippen LogP contribution in [-0.4, -0.2) is 20.4 Å². The lowest BCUT2D eigenvalue weighted by Gasteiger charge is -2.30. The highest BCUT2D eigenvalue weighted by atomic mass is 16.3. The number of phenols is 4. The Balaban J connectivity index is 1.82. The Kier molecular flexibility index (Phi) is 6.13. The van der Waals surface area contributed by atoms with Crippen molar-refractivity contribution in [3.63, 3.8) is 0 Å². The van der Waals surface area contributed by atoms with Crippen molar-refractivity contribution in [1.82, 2.24) is 0 Å². The molecule has 32 heavy (non-hydrogen) atoms. The van der Waals surface area contributed by atoms with Gasteiger partial charge >= 0.3 is 0 Å². The number of fused-ring (bicyclic) bond motifs is 1. The maximum absolute atomic E-state index is 10.8. The van der Waals surface area contributed by atoms with Gasteiger partial charge in [0.05, 0.1) is 0 Å². The van der Waals surface area contributed by atoms with Gasteiger partial charge in [0, 0.05) is 5.56 Å². The van der Waals surface area contributed by atoms with E-state index in [1.54, 1.807) is 12.1 Å². The molecule has 0 bridgehead atoms. The molecule has 0 saturated heterocycles. The quantitative estimate of drug-likeness (QED) is 0.343. The molecule has 0 unspecified atom stereocenters. The monoisotopic (exact) mass is 430 g/mol. The second kappa shape index (κ2) is 8.99. The van der Waals surface area contributed by atoms with Crippen LogP contribution in [0.4, 0.5) is 0 Å². The van der Waals surface area contributed by atoms with E-state index in [0.29, 0.717) is 12.3 Å². The molecule has 0 heterocycles. The molecule has 1 aliphatic rings. The van der Waals surface area contributed by atoms with Crippen molar-refractivity contribution in [2.24, 2.45) is 5.92 Å². The van der Waals surface area contributed by atoms with Crippen molar-refractivity contribution < 1.29 is 20.4 Å². The normalized spacial score (nSPS) is 15.5. The first-order chi connectivity index (χ1) is 15.3. The highest BCUT2D eigenvalue weighted by Crippen LogP contribution is 2.47. The number of hydrogen-bond donors (Lipinski definition) is 4. The fourth-order valence-corrected chi connectivity index (χ4v) is 4.74. The topological polar surface area (TPSA) is 80.9 Å². The standard InChI is InChI=1S/C28H30O4/c1-17(2)12-21-13-20(19-9-11-25(29)26(30)15-19)14-24-22(28(32)27(31)16-23(21)24)10-8-18-6-4-3-5-7-18/h3-7,9,11,14-17,21,29-32H,8,10,12-13H2,1-2H3/t21-/m0/s1. The van der Waals surface area contributed by atoms with Crippen LogP contribution >= 0.6 is 0 Å². The van der Waals surface area contributed by atoms with Gasteiger partial charge in [-0.05, 0) is 83.5 Å². The summed E-state index contributed by atoms with van der Waals surface area (Å²) < 4.78 is 0. The number of hydrogen-bond acceptors (Lipinski definition) is 4. The summed E-state index contributed by atoms with van der Waals surface area (Å²) in [5.41, 5.74) is 5.83. The lowest BCUT2D eigenvalue weighted by molar-refractivity contribution is 0.396. The first kappa shape index (κ1) is 21.8. The molecule has 1 atom stereocenters. The summed E-state index contributed by atoms with van der Waals surface area (Å²) in [4.78, 5) is 0. The van der Waals surface area contributed by atoms with Crippen LogP contribution < -0.4 is 0 Å². The zero-order chi connectivity index (χ0) is 22.8. The van der Waals surface area contributed by atoms with E-state index in [2.05, 4.69) is 32.1 Å². The van der Waals surface area contributed by atoms with Crippen molar-refractivity contribution in [2.75, 3.05) is 0 Å². The molecule has 0 spiro atoms. The Hall–Kier alpha value is -3.40. The zero-order valence-electron chi connectivity index (χ0n) is 18.5. The lowest BCUT2D eigenvalue weighted by atomic mass is 9.75. The third kappa shape index (κ3) is 4.45. The molecule has 0 aromatic heterocycles. The Morgan fingerprint density at radius 2 is 1.59 bits per heavy atom. The summed E-state index contributed by atoms with van der Waals surface area (Å²) in [5, 5.41) is 41.1. The molecule has 0 aliphatic heterocycles. The molecule has 1 aliphatic carbocycles. The molecule has 4 nitrogen and oxygen atoms in total. The van der Waals surface area contributed by atoms with Crippen LogP contribution in [0.25, 0.3) is 11.6 Å². The summed E-state index contributed by atoms with van der Waals surface area (Å²) in [7, 11) is 0. The van der Waals surface area contributed by atoms with E-state index < -0.39 is 0 Å². The van der Waals surface area contributed by atoms with Crippen LogP contribution in [0.1, 0.15) is 60.4 Å². The van der Waals surface area contributed by atoms with Crippen molar-refractivity contribution in [2.45, 2.75) is 45.4 Å². The summed E-state index contributed by atoms with van der Waals surface area (Å²) in [5.74, 6) is 0.226. The van der Waals surface area contributed by atoms with Gasteiger partial charge in [-0.2, -0.15) is 0 Å². The fraction of sp³-hybridized carbons (Fsp3) is 0.286. The smallest absolute Gasteiger partial charge is 0.161 e. The van der Waals surface area contributed by atoms with Crippen LogP contribution in [0.15, 0.2) is 54.6 Å². The van der Waals surface area contributed by atoms with E-state index in [-0.39, 0.29) is 28.9 Å². The predicted molar refractivity (Wildman–Crippen MR) is 128 cm³/mol. The average Bonchev–Trinajstić information content (AvgIpc) is 2.77. The van der Waals surface area contributed by atoms with E-state index in [1.807, 2.05) is 24.3 Å². The van der Waals surface area contributed by atoms with E-state index in [1.165, 1.54) is 11.6 Å². The fourth-order valence-electron chi connectivity index (χ4n) is 4.74. The molecule has 0 amide bonds. The van der Waals surface area contributed by atoms with Gasteiger partial charge in [0.2, 0.25) is 0 Å². The predicted octanol–water partition coefficient (Wildman–Crippen LogP) is 6.37. The van der Waals surface area contributed by atoms with E-state index in [0.717, 1.165) is 47.1 Å². The van der Waals surface area contributed by atoms with E-state index in [4.69, 9.17) is 0 Å². The second-order valence-electron chi connectivity index (χ2n) is 9.12. The number of phenolic OH excluding ortho intramolecular Hbond substituents is 4. The molecule has 3 aromatic carbocycles. The van der Waals surface area contributed by atoms with Gasteiger partial charge in [-0.25, -0.2) is 0 Å². The zero-order valence-corrected chi connectivity index (χ0v) is 18.5. The minimum absolute atomic E-state index is 0.0611. The van der Waals surface area contributed by atoms with Gasteiger partial charge in [0.15, 0.2) is 23.0 Å². The van der Waals surface area contributed by atoms with Crippen LogP contribution in [0.3, 0.4) is 0 Å². The molecule has 166 valence electrons. The highest BCUT2D eigenvalue weighted by molar-refractivity contribution is 5.88. The number of rotatable bonds is 6. The van der Waals surface area contributed by atoms with Crippen LogP contribution in [0, 0.1) is 5.92 Å². The number of benzene rings is 3. The van der Waals surface area contributed by atoms with Gasteiger partial charge in [-0.1, -0.05) is 56.3 Å². The number of aromatic hydroxyl groups is 4. The third-order valence-electron chi connectivity index (χ3n) is 6.29. The second-order valence-corrected chi connectivity index (χ2v) is 9.12. The van der Waals surface area contributed by atoms with E-state index >= 15 is 0 Å². The van der Waals surface area contributed by atoms with Gasteiger partial charge in [-0.15, -0.1) is 0 Å². The maximum Gasteiger partial charge on any atom is 0.161 e. The molecular formula is C28H30O4. The van der Waals surface area contributed by atoms with Gasteiger partial charge in [-0.3, -0.25) is 0 Å². The molecule has 4 heteroatoms. The Morgan fingerprint density at radius 1 is 0.844 bits per heavy atom. The van der Waals surface area contributed by atoms with Crippen molar-refractivity contribution >= 4 is 11.6 Å². The van der Waals surface area contributed by atoms with Crippen LogP contribution in [-0.2, 0) is 12.8 Å². The van der Waals surface area contributed by atoms with Crippen molar-refractivity contribution in [3.8, 4) is 23.0 Å². The van der Waals surface area contributed by atoms with Gasteiger partial charge in [0.1, 0.15) is 0 Å². The first-order valence-electron chi connectivity index (χ1n) is 11.2. The third-order valence-corrected chi connectivity index (χ3v) is 6.29. The Bertz CT molecular complexity index is 1150. The molecule has 0 fully saturated rings. The van der Waals surface area contributed by atoms with E-state index in [9.17, 15) is 20.4 Å². The largest absolute Gasteiger partial charge is 0.504 e. The Labute approximate surface area is 189 Å². The van der Waals surface area contributed by atoms with Crippen molar-refractivity contribution in [3.05, 3.63) is 82.4 Å². The van der Waals surface area contributed by atoms with Crippen LogP contribution in [0.5, 0.6) is 23.0 Å². The Morgan fingerprint density at radius 3 is 2.28 bits per heavy atom. The molecule has 0 radical (unpaired) electrons. The lowest BCUT2D eigenvalue weighted by Crippen LogP contribution is -2.12. The molecule has 0 saturated carbocycles. The molecular weight excluding hydrogens is 400 g/mol. The molecule has 3 aromatic rings. The van der Waals surface area contributed by atoms with Gasteiger partial charge in [0.25, 0.3) is 0 Å². The molecule has 4 N–H and O–H groups in total.